The fourth-order valence-corrected chi connectivity index (χ4v) is 2.51. The number of nitrogens with two attached hydrogens (primary N) is 1. The molecule has 104 valence electrons. The Balaban J connectivity index is 2.02. The topological polar surface area (TPSA) is 58.4 Å². The number of carbonyl (C=O) groups is 1. The Morgan fingerprint density at radius 3 is 2.26 bits per heavy atom. The first-order valence-electron chi connectivity index (χ1n) is 6.89. The summed E-state index contributed by atoms with van der Waals surface area (Å²) in [6, 6.07) is 7.80. The first-order valence-corrected chi connectivity index (χ1v) is 6.89. The molecule has 0 aliphatic heterocycles. The molecule has 1 aromatic carbocycles. The second-order valence-electron chi connectivity index (χ2n) is 5.61. The predicted molar refractivity (Wildman–Crippen MR) is 79.4 cm³/mol. The van der Waals surface area contributed by atoms with Crippen LogP contribution < -0.4 is 16.0 Å². The number of hydrogen-bond donors (Lipinski definition) is 2. The Labute approximate surface area is 115 Å². The van der Waals surface area contributed by atoms with Crippen molar-refractivity contribution in [2.45, 2.75) is 37.6 Å². The quantitative estimate of drug-likeness (QED) is 0.878. The van der Waals surface area contributed by atoms with E-state index in [1.165, 1.54) is 6.42 Å². The van der Waals surface area contributed by atoms with Crippen molar-refractivity contribution < 1.29 is 4.79 Å². The molecular weight excluding hydrogens is 238 g/mol. The molecule has 0 atom stereocenters. The average Bonchev–Trinajstić information content (AvgIpc) is 2.40. The zero-order valence-electron chi connectivity index (χ0n) is 11.8. The second kappa shape index (κ2) is 5.61. The van der Waals surface area contributed by atoms with Gasteiger partial charge in [-0.1, -0.05) is 19.3 Å². The molecule has 1 aromatic rings. The molecule has 0 spiro atoms. The Morgan fingerprint density at radius 1 is 1.16 bits per heavy atom. The Kier molecular flexibility index (Phi) is 4.10. The largest absolute Gasteiger partial charge is 0.378 e. The molecule has 0 heterocycles. The smallest absolute Gasteiger partial charge is 0.244 e. The van der Waals surface area contributed by atoms with E-state index in [2.05, 4.69) is 5.32 Å². The van der Waals surface area contributed by atoms with Gasteiger partial charge in [0.2, 0.25) is 5.91 Å². The summed E-state index contributed by atoms with van der Waals surface area (Å²) in [5.74, 6) is -0.0511. The highest BCUT2D eigenvalue weighted by atomic mass is 16.2. The Hall–Kier alpha value is -1.55. The molecule has 19 heavy (non-hydrogen) atoms. The maximum atomic E-state index is 12.3. The molecule has 4 nitrogen and oxygen atoms in total. The third-order valence-electron chi connectivity index (χ3n) is 3.84. The van der Waals surface area contributed by atoms with Crippen LogP contribution in [0.3, 0.4) is 0 Å². The van der Waals surface area contributed by atoms with Gasteiger partial charge in [-0.2, -0.15) is 0 Å². The van der Waals surface area contributed by atoms with E-state index in [9.17, 15) is 4.79 Å². The van der Waals surface area contributed by atoms with Gasteiger partial charge in [0.05, 0.1) is 5.54 Å². The van der Waals surface area contributed by atoms with E-state index in [-0.39, 0.29) is 5.91 Å². The maximum absolute atomic E-state index is 12.3. The molecule has 1 aliphatic carbocycles. The predicted octanol–water partition coefficient (Wildman–Crippen LogP) is 2.35. The highest BCUT2D eigenvalue weighted by Gasteiger charge is 2.35. The van der Waals surface area contributed by atoms with Gasteiger partial charge in [-0.3, -0.25) is 4.79 Å². The van der Waals surface area contributed by atoms with Gasteiger partial charge in [-0.25, -0.2) is 0 Å². The molecular formula is C15H23N3O. The summed E-state index contributed by atoms with van der Waals surface area (Å²) in [4.78, 5) is 14.3. The summed E-state index contributed by atoms with van der Waals surface area (Å²) in [7, 11) is 3.98. The minimum atomic E-state index is -0.682. The summed E-state index contributed by atoms with van der Waals surface area (Å²) in [5, 5.41) is 2.94. The van der Waals surface area contributed by atoms with Crippen LogP contribution in [0.4, 0.5) is 11.4 Å². The molecule has 0 aromatic heterocycles. The van der Waals surface area contributed by atoms with Gasteiger partial charge in [0.1, 0.15) is 0 Å². The van der Waals surface area contributed by atoms with Crippen molar-refractivity contribution in [3.8, 4) is 0 Å². The van der Waals surface area contributed by atoms with E-state index in [0.29, 0.717) is 0 Å². The third-order valence-corrected chi connectivity index (χ3v) is 3.84. The minimum absolute atomic E-state index is 0.0511. The van der Waals surface area contributed by atoms with Crippen LogP contribution in [0.15, 0.2) is 24.3 Å². The Bertz CT molecular complexity index is 433. The molecule has 1 fully saturated rings. The fraction of sp³-hybridized carbons (Fsp3) is 0.533. The van der Waals surface area contributed by atoms with Crippen molar-refractivity contribution in [3.05, 3.63) is 24.3 Å². The van der Waals surface area contributed by atoms with Gasteiger partial charge in [-0.05, 0) is 37.1 Å². The second-order valence-corrected chi connectivity index (χ2v) is 5.61. The molecule has 0 radical (unpaired) electrons. The highest BCUT2D eigenvalue weighted by Crippen LogP contribution is 2.27. The normalized spacial score (nSPS) is 17.8. The van der Waals surface area contributed by atoms with E-state index in [1.807, 2.05) is 43.3 Å². The van der Waals surface area contributed by atoms with Crippen LogP contribution in [0.1, 0.15) is 32.1 Å². The third kappa shape index (κ3) is 3.26. The van der Waals surface area contributed by atoms with Gasteiger partial charge in [-0.15, -0.1) is 0 Å². The molecule has 4 heteroatoms. The van der Waals surface area contributed by atoms with E-state index < -0.39 is 5.54 Å². The maximum Gasteiger partial charge on any atom is 0.244 e. The van der Waals surface area contributed by atoms with E-state index in [1.54, 1.807) is 0 Å². The fourth-order valence-electron chi connectivity index (χ4n) is 2.51. The average molecular weight is 261 g/mol. The van der Waals surface area contributed by atoms with Crippen molar-refractivity contribution in [2.24, 2.45) is 5.73 Å². The van der Waals surface area contributed by atoms with E-state index in [0.717, 1.165) is 37.1 Å². The van der Waals surface area contributed by atoms with Crippen LogP contribution in [0.2, 0.25) is 0 Å². The number of benzene rings is 1. The first kappa shape index (κ1) is 13.9. The summed E-state index contributed by atoms with van der Waals surface area (Å²) >= 11 is 0. The highest BCUT2D eigenvalue weighted by molar-refractivity contribution is 5.98. The number of nitrogens with one attached hydrogen (secondary N) is 1. The van der Waals surface area contributed by atoms with Crippen molar-refractivity contribution in [1.29, 1.82) is 0 Å². The standard InChI is InChI=1S/C15H23N3O/c1-18(2)13-8-6-12(7-9-13)17-14(19)15(16)10-4-3-5-11-15/h6-9H,3-5,10-11,16H2,1-2H3,(H,17,19). The van der Waals surface area contributed by atoms with Gasteiger partial charge < -0.3 is 16.0 Å². The van der Waals surface area contributed by atoms with Crippen LogP contribution in [-0.2, 0) is 4.79 Å². The lowest BCUT2D eigenvalue weighted by Gasteiger charge is -2.31. The molecule has 1 saturated carbocycles. The number of hydrogen-bond acceptors (Lipinski definition) is 3. The molecule has 0 bridgehead atoms. The Morgan fingerprint density at radius 2 is 1.74 bits per heavy atom. The van der Waals surface area contributed by atoms with Crippen LogP contribution in [0.25, 0.3) is 0 Å². The lowest BCUT2D eigenvalue weighted by molar-refractivity contribution is -0.122. The zero-order valence-corrected chi connectivity index (χ0v) is 11.8. The number of nitrogens with zero attached hydrogens (tertiary/aromatic N) is 1. The molecule has 0 unspecified atom stereocenters. The van der Waals surface area contributed by atoms with Gasteiger partial charge in [0.25, 0.3) is 0 Å². The van der Waals surface area contributed by atoms with Gasteiger partial charge in [0.15, 0.2) is 0 Å². The number of amides is 1. The van der Waals surface area contributed by atoms with Crippen LogP contribution in [-0.4, -0.2) is 25.5 Å². The van der Waals surface area contributed by atoms with Crippen LogP contribution in [0, 0.1) is 0 Å². The van der Waals surface area contributed by atoms with Crippen molar-refractivity contribution in [2.75, 3.05) is 24.3 Å². The van der Waals surface area contributed by atoms with E-state index >= 15 is 0 Å². The number of carbonyl (C=O) groups excluding carboxylic acids is 1. The van der Waals surface area contributed by atoms with Crippen LogP contribution in [0.5, 0.6) is 0 Å². The molecule has 3 N–H and O–H groups in total. The lowest BCUT2D eigenvalue weighted by atomic mass is 9.82. The van der Waals surface area contributed by atoms with Gasteiger partial charge >= 0.3 is 0 Å². The molecule has 1 amide bonds. The monoisotopic (exact) mass is 261 g/mol. The minimum Gasteiger partial charge on any atom is -0.378 e. The lowest BCUT2D eigenvalue weighted by Crippen LogP contribution is -2.52. The number of anilines is 2. The molecule has 1 aliphatic rings. The summed E-state index contributed by atoms with van der Waals surface area (Å²) in [5.41, 5.74) is 7.45. The van der Waals surface area contributed by atoms with E-state index in [4.69, 9.17) is 5.73 Å². The molecule has 0 saturated heterocycles. The van der Waals surface area contributed by atoms with Crippen LogP contribution >= 0.6 is 0 Å². The summed E-state index contributed by atoms with van der Waals surface area (Å²) in [6.45, 7) is 0. The number of rotatable bonds is 3. The zero-order chi connectivity index (χ0) is 13.9. The summed E-state index contributed by atoms with van der Waals surface area (Å²) in [6.07, 6.45) is 4.85. The van der Waals surface area contributed by atoms with Gasteiger partial charge in [0, 0.05) is 25.5 Å². The SMILES string of the molecule is CN(C)c1ccc(NC(=O)C2(N)CCCCC2)cc1. The summed E-state index contributed by atoms with van der Waals surface area (Å²) < 4.78 is 0. The molecule has 2 rings (SSSR count). The van der Waals surface area contributed by atoms with Crippen molar-refractivity contribution >= 4 is 17.3 Å². The van der Waals surface area contributed by atoms with Crippen molar-refractivity contribution in [3.63, 3.8) is 0 Å². The van der Waals surface area contributed by atoms with Crippen molar-refractivity contribution in [1.82, 2.24) is 0 Å². The first-order chi connectivity index (χ1) is 9.01.